The monoisotopic (exact) mass is 234 g/mol. The van der Waals surface area contributed by atoms with Crippen LogP contribution in [0.2, 0.25) is 0 Å². The molecule has 1 aliphatic rings. The third-order valence-electron chi connectivity index (χ3n) is 3.10. The van der Waals surface area contributed by atoms with Gasteiger partial charge in [0.2, 0.25) is 0 Å². The van der Waals surface area contributed by atoms with Crippen LogP contribution in [0.15, 0.2) is 18.2 Å². The maximum Gasteiger partial charge on any atom is 0.124 e. The molecular weight excluding hydrogens is 219 g/mol. The van der Waals surface area contributed by atoms with Gasteiger partial charge in [-0.3, -0.25) is 0 Å². The molecule has 90 valence electrons. The zero-order chi connectivity index (χ0) is 12.3. The van der Waals surface area contributed by atoms with E-state index in [9.17, 15) is 4.39 Å². The smallest absolute Gasteiger partial charge is 0.124 e. The Morgan fingerprint density at radius 3 is 2.82 bits per heavy atom. The van der Waals surface area contributed by atoms with Gasteiger partial charge in [-0.05, 0) is 49.1 Å². The number of nitriles is 1. The van der Waals surface area contributed by atoms with E-state index in [2.05, 4.69) is 0 Å². The average Bonchev–Trinajstić information content (AvgIpc) is 2.26. The Kier molecular flexibility index (Phi) is 3.72. The summed E-state index contributed by atoms with van der Waals surface area (Å²) in [6.45, 7) is 1.06. The second-order valence-corrected chi connectivity index (χ2v) is 4.47. The van der Waals surface area contributed by atoms with Gasteiger partial charge in [-0.2, -0.15) is 5.26 Å². The van der Waals surface area contributed by atoms with Crippen LogP contribution in [0, 0.1) is 23.1 Å². The SMILES string of the molecule is N#Cc1cc(F)cc(COC2CC(CN)C2)c1. The van der Waals surface area contributed by atoms with Crippen LogP contribution >= 0.6 is 0 Å². The Balaban J connectivity index is 1.87. The molecule has 0 amide bonds. The summed E-state index contributed by atoms with van der Waals surface area (Å²) < 4.78 is 18.7. The van der Waals surface area contributed by atoms with Crippen molar-refractivity contribution in [3.05, 3.63) is 35.1 Å². The van der Waals surface area contributed by atoms with Crippen LogP contribution < -0.4 is 5.73 Å². The van der Waals surface area contributed by atoms with Crippen molar-refractivity contribution in [2.75, 3.05) is 6.54 Å². The van der Waals surface area contributed by atoms with E-state index in [4.69, 9.17) is 15.7 Å². The van der Waals surface area contributed by atoms with E-state index in [1.807, 2.05) is 6.07 Å². The largest absolute Gasteiger partial charge is 0.374 e. The summed E-state index contributed by atoms with van der Waals surface area (Å²) in [5.41, 5.74) is 6.56. The third-order valence-corrected chi connectivity index (χ3v) is 3.10. The molecule has 1 fully saturated rings. The number of ether oxygens (including phenoxy) is 1. The quantitative estimate of drug-likeness (QED) is 0.866. The Morgan fingerprint density at radius 2 is 2.18 bits per heavy atom. The van der Waals surface area contributed by atoms with Crippen LogP contribution in [0.5, 0.6) is 0 Å². The molecular formula is C13H15FN2O. The minimum atomic E-state index is -0.393. The van der Waals surface area contributed by atoms with Crippen molar-refractivity contribution in [1.82, 2.24) is 0 Å². The second kappa shape index (κ2) is 5.26. The number of benzene rings is 1. The molecule has 0 unspecified atom stereocenters. The average molecular weight is 234 g/mol. The predicted molar refractivity (Wildman–Crippen MR) is 61.5 cm³/mol. The maximum absolute atomic E-state index is 13.1. The number of nitrogens with zero attached hydrogens (tertiary/aromatic N) is 1. The van der Waals surface area contributed by atoms with E-state index in [0.29, 0.717) is 30.2 Å². The fraction of sp³-hybridized carbons (Fsp3) is 0.462. The van der Waals surface area contributed by atoms with Crippen molar-refractivity contribution < 1.29 is 9.13 Å². The van der Waals surface area contributed by atoms with Crippen molar-refractivity contribution in [3.8, 4) is 6.07 Å². The molecule has 1 aliphatic carbocycles. The summed E-state index contributed by atoms with van der Waals surface area (Å²) in [4.78, 5) is 0. The summed E-state index contributed by atoms with van der Waals surface area (Å²) in [5, 5.41) is 8.72. The lowest BCUT2D eigenvalue weighted by Crippen LogP contribution is -2.35. The lowest BCUT2D eigenvalue weighted by molar-refractivity contribution is -0.0376. The van der Waals surface area contributed by atoms with Gasteiger partial charge in [-0.1, -0.05) is 0 Å². The highest BCUT2D eigenvalue weighted by Gasteiger charge is 2.28. The van der Waals surface area contributed by atoms with E-state index >= 15 is 0 Å². The lowest BCUT2D eigenvalue weighted by Gasteiger charge is -2.34. The van der Waals surface area contributed by atoms with Gasteiger partial charge in [0.05, 0.1) is 24.3 Å². The van der Waals surface area contributed by atoms with Gasteiger partial charge in [-0.15, -0.1) is 0 Å². The number of halogens is 1. The topological polar surface area (TPSA) is 59.0 Å². The summed E-state index contributed by atoms with van der Waals surface area (Å²) in [5.74, 6) is 0.179. The van der Waals surface area contributed by atoms with E-state index in [0.717, 1.165) is 12.8 Å². The van der Waals surface area contributed by atoms with Crippen molar-refractivity contribution in [1.29, 1.82) is 5.26 Å². The van der Waals surface area contributed by atoms with Crippen LogP contribution in [0.4, 0.5) is 4.39 Å². The molecule has 17 heavy (non-hydrogen) atoms. The Bertz CT molecular complexity index is 436. The molecule has 0 aromatic heterocycles. The molecule has 0 aliphatic heterocycles. The van der Waals surface area contributed by atoms with Gasteiger partial charge in [-0.25, -0.2) is 4.39 Å². The highest BCUT2D eigenvalue weighted by Crippen LogP contribution is 2.29. The molecule has 1 saturated carbocycles. The van der Waals surface area contributed by atoms with Gasteiger partial charge in [0.25, 0.3) is 0 Å². The summed E-state index contributed by atoms with van der Waals surface area (Å²) >= 11 is 0. The molecule has 1 aromatic carbocycles. The van der Waals surface area contributed by atoms with Crippen LogP contribution in [0.1, 0.15) is 24.0 Å². The standard InChI is InChI=1S/C13H15FN2O/c14-12-2-9(6-15)1-11(3-12)8-17-13-4-10(5-13)7-16/h1-3,10,13H,4-5,7-8,16H2. The van der Waals surface area contributed by atoms with Gasteiger partial charge in [0.15, 0.2) is 0 Å². The number of hydrogen-bond donors (Lipinski definition) is 1. The fourth-order valence-corrected chi connectivity index (χ4v) is 2.02. The molecule has 4 heteroatoms. The second-order valence-electron chi connectivity index (χ2n) is 4.47. The van der Waals surface area contributed by atoms with Crippen molar-refractivity contribution >= 4 is 0 Å². The normalized spacial score (nSPS) is 22.9. The first-order valence-corrected chi connectivity index (χ1v) is 5.72. The molecule has 2 rings (SSSR count). The summed E-state index contributed by atoms with van der Waals surface area (Å²) in [7, 11) is 0. The van der Waals surface area contributed by atoms with Crippen molar-refractivity contribution in [3.63, 3.8) is 0 Å². The van der Waals surface area contributed by atoms with Crippen LogP contribution in [-0.4, -0.2) is 12.6 Å². The zero-order valence-electron chi connectivity index (χ0n) is 9.53. The molecule has 1 aromatic rings. The minimum absolute atomic E-state index is 0.234. The first-order valence-electron chi connectivity index (χ1n) is 5.72. The van der Waals surface area contributed by atoms with Gasteiger partial charge >= 0.3 is 0 Å². The van der Waals surface area contributed by atoms with Gasteiger partial charge in [0, 0.05) is 0 Å². The van der Waals surface area contributed by atoms with E-state index < -0.39 is 5.82 Å². The Morgan fingerprint density at radius 1 is 1.41 bits per heavy atom. The molecule has 0 heterocycles. The zero-order valence-corrected chi connectivity index (χ0v) is 9.53. The van der Waals surface area contributed by atoms with Gasteiger partial charge < -0.3 is 10.5 Å². The first kappa shape index (κ1) is 12.0. The Labute approximate surface area is 100.0 Å². The highest BCUT2D eigenvalue weighted by molar-refractivity contribution is 5.33. The molecule has 0 atom stereocenters. The minimum Gasteiger partial charge on any atom is -0.374 e. The fourth-order valence-electron chi connectivity index (χ4n) is 2.02. The molecule has 0 radical (unpaired) electrons. The summed E-state index contributed by atoms with van der Waals surface area (Å²) in [6, 6.07) is 6.21. The first-order chi connectivity index (χ1) is 8.21. The predicted octanol–water partition coefficient (Wildman–Crippen LogP) is 1.95. The van der Waals surface area contributed by atoms with Crippen LogP contribution in [0.3, 0.4) is 0 Å². The number of rotatable bonds is 4. The van der Waals surface area contributed by atoms with Crippen molar-refractivity contribution in [2.24, 2.45) is 11.7 Å². The van der Waals surface area contributed by atoms with Crippen molar-refractivity contribution in [2.45, 2.75) is 25.6 Å². The van der Waals surface area contributed by atoms with E-state index in [1.165, 1.54) is 12.1 Å². The summed E-state index contributed by atoms with van der Waals surface area (Å²) in [6.07, 6.45) is 2.20. The molecule has 0 saturated heterocycles. The number of hydrogen-bond acceptors (Lipinski definition) is 3. The molecule has 2 N–H and O–H groups in total. The van der Waals surface area contributed by atoms with Crippen LogP contribution in [0.25, 0.3) is 0 Å². The highest BCUT2D eigenvalue weighted by atomic mass is 19.1. The van der Waals surface area contributed by atoms with Gasteiger partial charge in [0.1, 0.15) is 5.82 Å². The van der Waals surface area contributed by atoms with E-state index in [1.54, 1.807) is 6.07 Å². The number of nitrogens with two attached hydrogens (primary N) is 1. The molecule has 0 spiro atoms. The van der Waals surface area contributed by atoms with Crippen LogP contribution in [-0.2, 0) is 11.3 Å². The Hall–Kier alpha value is -1.44. The maximum atomic E-state index is 13.1. The third kappa shape index (κ3) is 3.02. The van der Waals surface area contributed by atoms with E-state index in [-0.39, 0.29) is 6.10 Å². The molecule has 3 nitrogen and oxygen atoms in total. The molecule has 0 bridgehead atoms. The lowest BCUT2D eigenvalue weighted by atomic mass is 9.82.